The largest absolute Gasteiger partial charge is 0.377 e. The normalized spacial score (nSPS) is 18.0. The Kier molecular flexibility index (Phi) is 4.57. The number of carbonyl (C=O) groups excluding carboxylic acids is 2. The van der Waals surface area contributed by atoms with Crippen LogP contribution in [0.15, 0.2) is 42.6 Å². The Morgan fingerprint density at radius 2 is 2.04 bits per heavy atom. The van der Waals surface area contributed by atoms with E-state index >= 15 is 0 Å². The number of carbonyl (C=O) groups is 2. The number of benzene rings is 1. The van der Waals surface area contributed by atoms with Gasteiger partial charge in [0.15, 0.2) is 5.78 Å². The van der Waals surface area contributed by atoms with Gasteiger partial charge in [-0.15, -0.1) is 0 Å². The molecule has 3 rings (SSSR count). The minimum Gasteiger partial charge on any atom is -0.377 e. The molecule has 1 aliphatic heterocycles. The van der Waals surface area contributed by atoms with E-state index in [-0.39, 0.29) is 24.2 Å². The molecule has 5 heteroatoms. The highest BCUT2D eigenvalue weighted by molar-refractivity contribution is 5.98. The summed E-state index contributed by atoms with van der Waals surface area (Å²) in [5, 5.41) is 0. The van der Waals surface area contributed by atoms with Gasteiger partial charge < -0.3 is 14.6 Å². The van der Waals surface area contributed by atoms with Crippen LogP contribution in [-0.4, -0.2) is 47.4 Å². The van der Waals surface area contributed by atoms with E-state index in [1.54, 1.807) is 29.3 Å². The second-order valence-corrected chi connectivity index (χ2v) is 5.74. The van der Waals surface area contributed by atoms with Crippen LogP contribution in [0.3, 0.4) is 0 Å². The Balaban J connectivity index is 1.75. The van der Waals surface area contributed by atoms with E-state index in [0.717, 1.165) is 5.69 Å². The molecule has 2 heterocycles. The second-order valence-electron chi connectivity index (χ2n) is 5.74. The summed E-state index contributed by atoms with van der Waals surface area (Å²) >= 11 is 0. The van der Waals surface area contributed by atoms with E-state index in [1.165, 1.54) is 0 Å². The summed E-state index contributed by atoms with van der Waals surface area (Å²) in [6.45, 7) is 3.28. The number of Topliss-reactive ketones (excluding diaryl/α,β-unsaturated/α-hetero) is 1. The number of hydrogen-bond donors (Lipinski definition) is 1. The molecule has 1 aliphatic rings. The quantitative estimate of drug-likeness (QED) is 0.882. The number of nitrogens with one attached hydrogen (secondary N) is 1. The summed E-state index contributed by atoms with van der Waals surface area (Å²) in [6, 6.07) is 10.7. The number of aryl methyl sites for hydroxylation is 1. The molecule has 0 aliphatic carbocycles. The van der Waals surface area contributed by atoms with Crippen molar-refractivity contribution in [2.24, 2.45) is 0 Å². The van der Waals surface area contributed by atoms with Crippen LogP contribution in [0.25, 0.3) is 0 Å². The number of aromatic nitrogens is 1. The van der Waals surface area contributed by atoms with Gasteiger partial charge in [0.2, 0.25) is 0 Å². The Labute approximate surface area is 135 Å². The lowest BCUT2D eigenvalue weighted by Crippen LogP contribution is -2.49. The topological polar surface area (TPSA) is 62.4 Å². The fraction of sp³-hybridized carbons (Fsp3) is 0.333. The monoisotopic (exact) mass is 312 g/mol. The van der Waals surface area contributed by atoms with Crippen LogP contribution in [0.2, 0.25) is 0 Å². The Morgan fingerprint density at radius 1 is 1.26 bits per heavy atom. The first-order chi connectivity index (χ1) is 11.2. The van der Waals surface area contributed by atoms with E-state index in [9.17, 15) is 9.59 Å². The Bertz CT molecular complexity index is 693. The number of morpholine rings is 1. The van der Waals surface area contributed by atoms with Gasteiger partial charge in [-0.05, 0) is 13.0 Å². The number of nitrogens with zero attached hydrogens (tertiary/aromatic N) is 1. The lowest BCUT2D eigenvalue weighted by Gasteiger charge is -2.35. The molecule has 23 heavy (non-hydrogen) atoms. The molecule has 1 atom stereocenters. The van der Waals surface area contributed by atoms with E-state index in [2.05, 4.69) is 4.98 Å². The average Bonchev–Trinajstić information content (AvgIpc) is 3.01. The first kappa shape index (κ1) is 15.5. The van der Waals surface area contributed by atoms with Crippen LogP contribution >= 0.6 is 0 Å². The maximum atomic E-state index is 12.7. The maximum Gasteiger partial charge on any atom is 0.256 e. The number of ether oxygens (including phenoxy) is 1. The fourth-order valence-electron chi connectivity index (χ4n) is 2.89. The Hall–Kier alpha value is -2.40. The predicted octanol–water partition coefficient (Wildman–Crippen LogP) is 2.44. The van der Waals surface area contributed by atoms with Crippen molar-refractivity contribution in [2.75, 3.05) is 19.8 Å². The third-order valence-corrected chi connectivity index (χ3v) is 4.19. The molecular formula is C18H20N2O3. The van der Waals surface area contributed by atoms with E-state index in [4.69, 9.17) is 4.74 Å². The van der Waals surface area contributed by atoms with Gasteiger partial charge in [0.1, 0.15) is 0 Å². The molecule has 5 nitrogen and oxygen atoms in total. The highest BCUT2D eigenvalue weighted by atomic mass is 16.5. The standard InChI is InChI=1S/C18H20N2O3/c1-13-16(7-8-19-13)18(22)20-9-10-23-12-15(20)11-17(21)14-5-3-2-4-6-14/h2-8,15,19H,9-12H2,1H3/t15-/m1/s1. The number of amides is 1. The van der Waals surface area contributed by atoms with Crippen molar-refractivity contribution in [3.8, 4) is 0 Å². The SMILES string of the molecule is Cc1[nH]ccc1C(=O)N1CCOC[C@H]1CC(=O)c1ccccc1. The highest BCUT2D eigenvalue weighted by Crippen LogP contribution is 2.18. The number of ketones is 1. The molecule has 120 valence electrons. The van der Waals surface area contributed by atoms with Crippen LogP contribution in [0, 0.1) is 6.92 Å². The first-order valence-electron chi connectivity index (χ1n) is 7.78. The average molecular weight is 312 g/mol. The van der Waals surface area contributed by atoms with Crippen LogP contribution < -0.4 is 0 Å². The minimum atomic E-state index is -0.224. The summed E-state index contributed by atoms with van der Waals surface area (Å²) in [7, 11) is 0. The van der Waals surface area contributed by atoms with Crippen LogP contribution in [0.5, 0.6) is 0 Å². The molecule has 1 aromatic carbocycles. The molecular weight excluding hydrogens is 292 g/mol. The third-order valence-electron chi connectivity index (χ3n) is 4.19. The first-order valence-corrected chi connectivity index (χ1v) is 7.78. The Morgan fingerprint density at radius 3 is 2.74 bits per heavy atom. The summed E-state index contributed by atoms with van der Waals surface area (Å²) in [6.07, 6.45) is 2.03. The van der Waals surface area contributed by atoms with Crippen molar-refractivity contribution in [1.82, 2.24) is 9.88 Å². The molecule has 1 aromatic heterocycles. The van der Waals surface area contributed by atoms with Crippen LogP contribution in [-0.2, 0) is 4.74 Å². The van der Waals surface area contributed by atoms with E-state index < -0.39 is 0 Å². The maximum absolute atomic E-state index is 12.7. The molecule has 0 bridgehead atoms. The molecule has 0 unspecified atom stereocenters. The van der Waals surface area contributed by atoms with Crippen LogP contribution in [0.4, 0.5) is 0 Å². The smallest absolute Gasteiger partial charge is 0.256 e. The number of aromatic amines is 1. The molecule has 1 saturated heterocycles. The predicted molar refractivity (Wildman–Crippen MR) is 86.6 cm³/mol. The molecule has 0 radical (unpaired) electrons. The molecule has 1 N–H and O–H groups in total. The van der Waals surface area contributed by atoms with Gasteiger partial charge in [-0.1, -0.05) is 30.3 Å². The lowest BCUT2D eigenvalue weighted by atomic mass is 10.0. The van der Waals surface area contributed by atoms with Gasteiger partial charge in [-0.2, -0.15) is 0 Å². The zero-order valence-corrected chi connectivity index (χ0v) is 13.1. The molecule has 0 saturated carbocycles. The van der Waals surface area contributed by atoms with Gasteiger partial charge in [0.05, 0.1) is 24.8 Å². The second kappa shape index (κ2) is 6.79. The van der Waals surface area contributed by atoms with Crippen molar-refractivity contribution < 1.29 is 14.3 Å². The molecule has 1 fully saturated rings. The van der Waals surface area contributed by atoms with Crippen LogP contribution in [0.1, 0.15) is 32.8 Å². The van der Waals surface area contributed by atoms with Gasteiger partial charge in [-0.3, -0.25) is 9.59 Å². The summed E-state index contributed by atoms with van der Waals surface area (Å²) in [5.41, 5.74) is 2.17. The molecule has 2 aromatic rings. The number of rotatable bonds is 4. The summed E-state index contributed by atoms with van der Waals surface area (Å²) in [5.74, 6) is -0.0115. The number of hydrogen-bond acceptors (Lipinski definition) is 3. The zero-order valence-electron chi connectivity index (χ0n) is 13.1. The number of H-pyrrole nitrogens is 1. The summed E-state index contributed by atoms with van der Waals surface area (Å²) < 4.78 is 5.49. The van der Waals surface area contributed by atoms with Crippen molar-refractivity contribution >= 4 is 11.7 Å². The highest BCUT2D eigenvalue weighted by Gasteiger charge is 2.30. The van der Waals surface area contributed by atoms with Crippen molar-refractivity contribution in [3.05, 3.63) is 59.4 Å². The molecule has 1 amide bonds. The van der Waals surface area contributed by atoms with Crippen molar-refractivity contribution in [3.63, 3.8) is 0 Å². The summed E-state index contributed by atoms with van der Waals surface area (Å²) in [4.78, 5) is 30.0. The van der Waals surface area contributed by atoms with Gasteiger partial charge >= 0.3 is 0 Å². The lowest BCUT2D eigenvalue weighted by molar-refractivity contribution is -0.00283. The van der Waals surface area contributed by atoms with Gasteiger partial charge in [-0.25, -0.2) is 0 Å². The third kappa shape index (κ3) is 3.35. The van der Waals surface area contributed by atoms with Gasteiger partial charge in [0, 0.05) is 30.4 Å². The molecule has 0 spiro atoms. The van der Waals surface area contributed by atoms with Gasteiger partial charge in [0.25, 0.3) is 5.91 Å². The van der Waals surface area contributed by atoms with Crippen molar-refractivity contribution in [2.45, 2.75) is 19.4 Å². The van der Waals surface area contributed by atoms with Crippen molar-refractivity contribution in [1.29, 1.82) is 0 Å². The fourth-order valence-corrected chi connectivity index (χ4v) is 2.89. The zero-order chi connectivity index (χ0) is 16.2. The van der Waals surface area contributed by atoms with E-state index in [1.807, 2.05) is 25.1 Å². The van der Waals surface area contributed by atoms with E-state index in [0.29, 0.717) is 30.9 Å². The minimum absolute atomic E-state index is 0.0321.